The van der Waals surface area contributed by atoms with Gasteiger partial charge in [0.1, 0.15) is 17.1 Å². The van der Waals surface area contributed by atoms with Crippen LogP contribution in [0, 0.1) is 0 Å². The summed E-state index contributed by atoms with van der Waals surface area (Å²) in [7, 11) is 3.16. The molecule has 1 amide bonds. The van der Waals surface area contributed by atoms with Crippen molar-refractivity contribution < 1.29 is 18.7 Å². The molecule has 31 heavy (non-hydrogen) atoms. The van der Waals surface area contributed by atoms with Crippen molar-refractivity contribution >= 4 is 34.2 Å². The zero-order valence-electron chi connectivity index (χ0n) is 17.6. The molecule has 4 rings (SSSR count). The van der Waals surface area contributed by atoms with Gasteiger partial charge >= 0.3 is 0 Å². The van der Waals surface area contributed by atoms with Crippen LogP contribution in [-0.2, 0) is 11.3 Å². The fourth-order valence-electron chi connectivity index (χ4n) is 4.02. The molecule has 1 aliphatic rings. The van der Waals surface area contributed by atoms with Crippen molar-refractivity contribution in [3.8, 4) is 5.75 Å². The Balaban J connectivity index is 1.42. The van der Waals surface area contributed by atoms with Crippen LogP contribution >= 0.6 is 11.6 Å². The number of nitrogens with one attached hydrogen (secondary N) is 1. The van der Waals surface area contributed by atoms with E-state index in [1.165, 1.54) is 13.2 Å². The molecule has 0 saturated carbocycles. The Morgan fingerprint density at radius 1 is 1.29 bits per heavy atom. The van der Waals surface area contributed by atoms with Crippen molar-refractivity contribution in [2.75, 3.05) is 33.0 Å². The fraction of sp³-hybridized carbons (Fsp3) is 0.348. The molecule has 0 bridgehead atoms. The van der Waals surface area contributed by atoms with E-state index in [2.05, 4.69) is 16.3 Å². The molecular formula is C23H26ClN3O4. The zero-order chi connectivity index (χ0) is 22.0. The number of hydrogen-bond acceptors (Lipinski definition) is 6. The van der Waals surface area contributed by atoms with Crippen molar-refractivity contribution in [2.24, 2.45) is 0 Å². The number of para-hydroxylation sites is 1. The third kappa shape index (κ3) is 4.63. The number of carbonyl (C=O) groups excluding carboxylic acids is 1. The van der Waals surface area contributed by atoms with Crippen LogP contribution in [0.15, 0.2) is 46.9 Å². The van der Waals surface area contributed by atoms with Gasteiger partial charge in [0.2, 0.25) is 0 Å². The number of methoxy groups -OCH3 is 2. The summed E-state index contributed by atoms with van der Waals surface area (Å²) in [6, 6.07) is 13.0. The molecule has 164 valence electrons. The van der Waals surface area contributed by atoms with Crippen molar-refractivity contribution in [1.82, 2.24) is 10.2 Å². The maximum absolute atomic E-state index is 12.9. The van der Waals surface area contributed by atoms with Gasteiger partial charge in [0.05, 0.1) is 42.1 Å². The van der Waals surface area contributed by atoms with Gasteiger partial charge in [0.15, 0.2) is 0 Å². The summed E-state index contributed by atoms with van der Waals surface area (Å²) in [5, 5.41) is 4.48. The third-order valence-electron chi connectivity index (χ3n) is 5.68. The fourth-order valence-corrected chi connectivity index (χ4v) is 4.19. The molecule has 0 unspecified atom stereocenters. The quantitative estimate of drug-likeness (QED) is 0.564. The highest BCUT2D eigenvalue weighted by Gasteiger charge is 2.31. The monoisotopic (exact) mass is 443 g/mol. The van der Waals surface area contributed by atoms with E-state index >= 15 is 0 Å². The first-order valence-corrected chi connectivity index (χ1v) is 10.5. The highest BCUT2D eigenvalue weighted by atomic mass is 35.5. The number of fused-ring (bicyclic) bond motifs is 1. The number of carbonyl (C=O) groups is 1. The normalized spacial score (nSPS) is 19.5. The van der Waals surface area contributed by atoms with Gasteiger partial charge in [-0.05, 0) is 24.6 Å². The SMILES string of the molecule is COc1cc(N)c(Cl)cc1C(=O)N[C@@H]1CCN(Cc2cc3ccccc3o2)C[C@@H]1OC. The van der Waals surface area contributed by atoms with E-state index in [0.717, 1.165) is 29.7 Å². The molecule has 8 heteroatoms. The predicted octanol–water partition coefficient (Wildman–Crippen LogP) is 3.70. The standard InChI is InChI=1S/C23H26ClN3O4/c1-29-21-11-18(25)17(24)10-16(21)23(28)26-19-7-8-27(13-22(19)30-2)12-15-9-14-5-3-4-6-20(14)31-15/h3-6,9-11,19,22H,7-8,12-13,25H2,1-2H3,(H,26,28)/t19-,22+/m1/s1. The summed E-state index contributed by atoms with van der Waals surface area (Å²) in [6.07, 6.45) is 0.590. The number of rotatable bonds is 6. The number of hydrogen-bond donors (Lipinski definition) is 2. The number of halogens is 1. The summed E-state index contributed by atoms with van der Waals surface area (Å²) in [6.45, 7) is 2.18. The van der Waals surface area contributed by atoms with E-state index in [-0.39, 0.29) is 18.1 Å². The molecule has 2 atom stereocenters. The molecule has 0 aliphatic carbocycles. The maximum atomic E-state index is 12.9. The number of anilines is 1. The molecule has 7 nitrogen and oxygen atoms in total. The largest absolute Gasteiger partial charge is 0.496 e. The number of furan rings is 1. The Morgan fingerprint density at radius 2 is 2.10 bits per heavy atom. The second kappa shape index (κ2) is 9.18. The Kier molecular flexibility index (Phi) is 6.36. The Morgan fingerprint density at radius 3 is 2.84 bits per heavy atom. The van der Waals surface area contributed by atoms with Crippen molar-refractivity contribution in [3.05, 3.63) is 58.8 Å². The summed E-state index contributed by atoms with van der Waals surface area (Å²) in [5.74, 6) is 1.03. The second-order valence-electron chi connectivity index (χ2n) is 7.70. The van der Waals surface area contributed by atoms with Gasteiger partial charge < -0.3 is 24.9 Å². The summed E-state index contributed by atoms with van der Waals surface area (Å²) in [4.78, 5) is 15.2. The molecule has 1 saturated heterocycles. The van der Waals surface area contributed by atoms with Crippen LogP contribution < -0.4 is 15.8 Å². The average Bonchev–Trinajstić information content (AvgIpc) is 3.18. The van der Waals surface area contributed by atoms with Crippen LogP contribution in [0.25, 0.3) is 11.0 Å². The highest BCUT2D eigenvalue weighted by Crippen LogP contribution is 2.29. The van der Waals surface area contributed by atoms with Crippen LogP contribution in [0.4, 0.5) is 5.69 Å². The van der Waals surface area contributed by atoms with Crippen LogP contribution in [0.5, 0.6) is 5.75 Å². The molecule has 1 aromatic heterocycles. The lowest BCUT2D eigenvalue weighted by atomic mass is 10.0. The molecule has 3 N–H and O–H groups in total. The molecule has 3 aromatic rings. The maximum Gasteiger partial charge on any atom is 0.255 e. The number of nitrogen functional groups attached to an aromatic ring is 1. The second-order valence-corrected chi connectivity index (χ2v) is 8.11. The average molecular weight is 444 g/mol. The first kappa shape index (κ1) is 21.5. The van der Waals surface area contributed by atoms with Crippen LogP contribution in [-0.4, -0.2) is 50.3 Å². The van der Waals surface area contributed by atoms with Crippen LogP contribution in [0.2, 0.25) is 5.02 Å². The molecule has 0 radical (unpaired) electrons. The smallest absolute Gasteiger partial charge is 0.255 e. The van der Waals surface area contributed by atoms with Crippen LogP contribution in [0.3, 0.4) is 0 Å². The van der Waals surface area contributed by atoms with E-state index in [4.69, 9.17) is 31.2 Å². The van der Waals surface area contributed by atoms with E-state index in [0.29, 0.717) is 35.1 Å². The van der Waals surface area contributed by atoms with Gasteiger partial charge in [-0.15, -0.1) is 0 Å². The Bertz CT molecular complexity index is 1050. The first-order chi connectivity index (χ1) is 15.0. The summed E-state index contributed by atoms with van der Waals surface area (Å²) in [5.41, 5.74) is 7.42. The first-order valence-electron chi connectivity index (χ1n) is 10.1. The Labute approximate surface area is 186 Å². The predicted molar refractivity (Wildman–Crippen MR) is 121 cm³/mol. The third-order valence-corrected chi connectivity index (χ3v) is 6.01. The number of nitrogens with zero attached hydrogens (tertiary/aromatic N) is 1. The summed E-state index contributed by atoms with van der Waals surface area (Å²) >= 11 is 6.11. The van der Waals surface area contributed by atoms with Crippen molar-refractivity contribution in [2.45, 2.75) is 25.1 Å². The molecule has 2 aromatic carbocycles. The van der Waals surface area contributed by atoms with E-state index in [1.807, 2.05) is 24.3 Å². The lowest BCUT2D eigenvalue weighted by Gasteiger charge is -2.37. The minimum atomic E-state index is -0.267. The molecule has 0 spiro atoms. The van der Waals surface area contributed by atoms with Gasteiger partial charge in [0.25, 0.3) is 5.91 Å². The lowest BCUT2D eigenvalue weighted by Crippen LogP contribution is -2.54. The van der Waals surface area contributed by atoms with E-state index in [9.17, 15) is 4.79 Å². The molecule has 1 aliphatic heterocycles. The molecule has 1 fully saturated rings. The van der Waals surface area contributed by atoms with Gasteiger partial charge in [-0.1, -0.05) is 29.8 Å². The van der Waals surface area contributed by atoms with Crippen molar-refractivity contribution in [3.63, 3.8) is 0 Å². The van der Waals surface area contributed by atoms with Crippen LogP contribution in [0.1, 0.15) is 22.5 Å². The lowest BCUT2D eigenvalue weighted by molar-refractivity contribution is 0.00225. The minimum Gasteiger partial charge on any atom is -0.496 e. The number of likely N-dealkylation sites (tertiary alicyclic amines) is 1. The van der Waals surface area contributed by atoms with Gasteiger partial charge in [-0.2, -0.15) is 0 Å². The zero-order valence-corrected chi connectivity index (χ0v) is 18.3. The number of nitrogens with two attached hydrogens (primary N) is 1. The molecular weight excluding hydrogens is 418 g/mol. The van der Waals surface area contributed by atoms with Gasteiger partial charge in [-0.25, -0.2) is 0 Å². The number of piperidine rings is 1. The highest BCUT2D eigenvalue weighted by molar-refractivity contribution is 6.33. The Hall–Kier alpha value is -2.74. The van der Waals surface area contributed by atoms with E-state index < -0.39 is 0 Å². The van der Waals surface area contributed by atoms with Gasteiger partial charge in [0, 0.05) is 31.7 Å². The number of amides is 1. The summed E-state index contributed by atoms with van der Waals surface area (Å²) < 4.78 is 17.0. The number of benzene rings is 2. The molecule has 2 heterocycles. The minimum absolute atomic E-state index is 0.134. The van der Waals surface area contributed by atoms with Crippen molar-refractivity contribution in [1.29, 1.82) is 0 Å². The van der Waals surface area contributed by atoms with Gasteiger partial charge in [-0.3, -0.25) is 9.69 Å². The topological polar surface area (TPSA) is 90.0 Å². The number of ether oxygens (including phenoxy) is 2. The van der Waals surface area contributed by atoms with E-state index in [1.54, 1.807) is 13.2 Å².